The molecule has 0 fully saturated rings. The lowest BCUT2D eigenvalue weighted by atomic mass is 9.81. The highest BCUT2D eigenvalue weighted by Crippen LogP contribution is 2.33. The third-order valence-electron chi connectivity index (χ3n) is 3.90. The van der Waals surface area contributed by atoms with Crippen molar-refractivity contribution in [2.24, 2.45) is 0 Å². The maximum Gasteiger partial charge on any atom is 0.220 e. The van der Waals surface area contributed by atoms with Gasteiger partial charge in [0.2, 0.25) is 5.95 Å². The Bertz CT molecular complexity index is 697. The first kappa shape index (κ1) is 13.7. The highest BCUT2D eigenvalue weighted by Gasteiger charge is 2.30. The summed E-state index contributed by atoms with van der Waals surface area (Å²) in [5.74, 6) is -0.00804. The minimum absolute atomic E-state index is 0.0182. The van der Waals surface area contributed by atoms with Crippen LogP contribution in [-0.2, 0) is 12.8 Å². The Morgan fingerprint density at radius 3 is 2.62 bits per heavy atom. The van der Waals surface area contributed by atoms with E-state index in [9.17, 15) is 9.18 Å². The highest BCUT2D eigenvalue weighted by molar-refractivity contribution is 5.99. The van der Waals surface area contributed by atoms with Gasteiger partial charge in [-0.25, -0.2) is 14.4 Å². The van der Waals surface area contributed by atoms with Crippen molar-refractivity contribution in [3.63, 3.8) is 0 Å². The van der Waals surface area contributed by atoms with Crippen molar-refractivity contribution in [2.75, 3.05) is 5.73 Å². The maximum atomic E-state index is 13.0. The first-order chi connectivity index (χ1) is 10.1. The van der Waals surface area contributed by atoms with Gasteiger partial charge in [-0.05, 0) is 36.5 Å². The Morgan fingerprint density at radius 1 is 1.24 bits per heavy atom. The van der Waals surface area contributed by atoms with Crippen LogP contribution in [0.3, 0.4) is 0 Å². The van der Waals surface area contributed by atoms with E-state index >= 15 is 0 Å². The fraction of sp³-hybridized carbons (Fsp3) is 0.312. The van der Waals surface area contributed by atoms with E-state index in [2.05, 4.69) is 9.97 Å². The zero-order valence-electron chi connectivity index (χ0n) is 11.8. The van der Waals surface area contributed by atoms with Crippen LogP contribution in [0.1, 0.15) is 46.6 Å². The Hall–Kier alpha value is -2.30. The largest absolute Gasteiger partial charge is 0.368 e. The zero-order valence-corrected chi connectivity index (χ0v) is 11.8. The number of nitrogen functional groups attached to an aromatic ring is 1. The average Bonchev–Trinajstić information content (AvgIpc) is 2.46. The lowest BCUT2D eigenvalue weighted by Crippen LogP contribution is -2.23. The number of Topliss-reactive ketones (excluding diaryl/α,β-unsaturated/α-hetero) is 1. The van der Waals surface area contributed by atoms with Gasteiger partial charge in [0.25, 0.3) is 0 Å². The Balaban J connectivity index is 2.00. The number of carbonyl (C=O) groups is 1. The van der Waals surface area contributed by atoms with Gasteiger partial charge in [-0.15, -0.1) is 0 Å². The molecule has 108 valence electrons. The molecule has 2 aromatic rings. The van der Waals surface area contributed by atoms with E-state index in [1.807, 2.05) is 6.92 Å². The van der Waals surface area contributed by atoms with Crippen LogP contribution in [-0.4, -0.2) is 15.8 Å². The molecule has 0 saturated carbocycles. The van der Waals surface area contributed by atoms with Gasteiger partial charge in [-0.1, -0.05) is 19.1 Å². The van der Waals surface area contributed by atoms with Crippen molar-refractivity contribution in [1.29, 1.82) is 0 Å². The second-order valence-electron chi connectivity index (χ2n) is 5.28. The molecule has 3 rings (SSSR count). The van der Waals surface area contributed by atoms with Crippen LogP contribution >= 0.6 is 0 Å². The molecule has 0 radical (unpaired) electrons. The second kappa shape index (κ2) is 5.24. The normalized spacial score (nSPS) is 17.6. The van der Waals surface area contributed by atoms with Crippen LogP contribution < -0.4 is 5.73 Å². The van der Waals surface area contributed by atoms with Crippen LogP contribution in [0.2, 0.25) is 0 Å². The smallest absolute Gasteiger partial charge is 0.220 e. The molecule has 21 heavy (non-hydrogen) atoms. The van der Waals surface area contributed by atoms with Gasteiger partial charge >= 0.3 is 0 Å². The summed E-state index contributed by atoms with van der Waals surface area (Å²) < 4.78 is 13.0. The number of nitrogens with two attached hydrogens (primary N) is 1. The van der Waals surface area contributed by atoms with E-state index in [1.165, 1.54) is 12.1 Å². The second-order valence-corrected chi connectivity index (χ2v) is 5.28. The maximum absolute atomic E-state index is 13.0. The van der Waals surface area contributed by atoms with Crippen LogP contribution in [0.5, 0.6) is 0 Å². The topological polar surface area (TPSA) is 68.9 Å². The van der Waals surface area contributed by atoms with Gasteiger partial charge < -0.3 is 5.73 Å². The molecule has 0 saturated heterocycles. The van der Waals surface area contributed by atoms with Crippen LogP contribution in [0.15, 0.2) is 24.3 Å². The first-order valence-electron chi connectivity index (χ1n) is 7.02. The molecule has 1 aliphatic rings. The number of benzene rings is 1. The summed E-state index contributed by atoms with van der Waals surface area (Å²) in [4.78, 5) is 20.8. The van der Waals surface area contributed by atoms with E-state index < -0.39 is 0 Å². The van der Waals surface area contributed by atoms with Crippen LogP contribution in [0.25, 0.3) is 0 Å². The summed E-state index contributed by atoms with van der Waals surface area (Å²) >= 11 is 0. The molecule has 0 spiro atoms. The van der Waals surface area contributed by atoms with E-state index in [0.717, 1.165) is 11.3 Å². The number of aromatic nitrogens is 2. The van der Waals surface area contributed by atoms with Gasteiger partial charge in [0.15, 0.2) is 5.78 Å². The molecule has 1 heterocycles. The first-order valence-corrected chi connectivity index (χ1v) is 7.02. The number of nitrogens with zero attached hydrogens (tertiary/aromatic N) is 2. The lowest BCUT2D eigenvalue weighted by Gasteiger charge is -2.24. The predicted octanol–water partition coefficient (Wildman–Crippen LogP) is 2.67. The number of aryl methyl sites for hydroxylation is 1. The summed E-state index contributed by atoms with van der Waals surface area (Å²) in [5.41, 5.74) is 8.74. The van der Waals surface area contributed by atoms with Crippen molar-refractivity contribution in [2.45, 2.75) is 32.1 Å². The van der Waals surface area contributed by atoms with Gasteiger partial charge in [0, 0.05) is 6.42 Å². The number of hydrogen-bond donors (Lipinski definition) is 1. The quantitative estimate of drug-likeness (QED) is 0.921. The highest BCUT2D eigenvalue weighted by atomic mass is 19.1. The molecule has 0 bridgehead atoms. The lowest BCUT2D eigenvalue weighted by molar-refractivity contribution is 0.0961. The number of ketones is 1. The molecule has 5 heteroatoms. The number of rotatable bonds is 2. The Kier molecular flexibility index (Phi) is 3.41. The third kappa shape index (κ3) is 2.51. The molecule has 2 N–H and O–H groups in total. The molecular weight excluding hydrogens is 269 g/mol. The van der Waals surface area contributed by atoms with Crippen molar-refractivity contribution >= 4 is 11.7 Å². The van der Waals surface area contributed by atoms with E-state index in [-0.39, 0.29) is 23.5 Å². The number of anilines is 1. The molecule has 1 aromatic carbocycles. The fourth-order valence-corrected chi connectivity index (χ4v) is 2.91. The average molecular weight is 285 g/mol. The SMILES string of the molecule is CCc1nc(N)nc2c1C(=O)C[C@H](c1ccc(F)cc1)C2. The van der Waals surface area contributed by atoms with E-state index in [4.69, 9.17) is 5.73 Å². The monoisotopic (exact) mass is 285 g/mol. The number of hydrogen-bond acceptors (Lipinski definition) is 4. The van der Waals surface area contributed by atoms with Crippen molar-refractivity contribution in [3.8, 4) is 0 Å². The molecule has 0 amide bonds. The minimum atomic E-state index is -0.277. The van der Waals surface area contributed by atoms with Gasteiger partial charge in [-0.3, -0.25) is 4.79 Å². The van der Waals surface area contributed by atoms with Crippen molar-refractivity contribution in [3.05, 3.63) is 52.6 Å². The van der Waals surface area contributed by atoms with Gasteiger partial charge in [0.1, 0.15) is 5.82 Å². The van der Waals surface area contributed by atoms with E-state index in [1.54, 1.807) is 12.1 Å². The molecule has 0 aliphatic heterocycles. The third-order valence-corrected chi connectivity index (χ3v) is 3.90. The molecule has 0 unspecified atom stereocenters. The molecule has 1 atom stereocenters. The number of halogens is 1. The fourth-order valence-electron chi connectivity index (χ4n) is 2.91. The number of fused-ring (bicyclic) bond motifs is 1. The zero-order chi connectivity index (χ0) is 15.0. The Labute approximate surface area is 122 Å². The van der Waals surface area contributed by atoms with Crippen LogP contribution in [0, 0.1) is 5.82 Å². The van der Waals surface area contributed by atoms with Crippen molar-refractivity contribution in [1.82, 2.24) is 9.97 Å². The van der Waals surface area contributed by atoms with E-state index in [0.29, 0.717) is 30.5 Å². The number of carbonyl (C=O) groups excluding carboxylic acids is 1. The predicted molar refractivity (Wildman–Crippen MR) is 77.6 cm³/mol. The molecule has 4 nitrogen and oxygen atoms in total. The molecule has 1 aromatic heterocycles. The minimum Gasteiger partial charge on any atom is -0.368 e. The van der Waals surface area contributed by atoms with Gasteiger partial charge in [-0.2, -0.15) is 0 Å². The molecular formula is C16H16FN3O. The molecule has 1 aliphatic carbocycles. The summed E-state index contributed by atoms with van der Waals surface area (Å²) in [6, 6.07) is 6.29. The summed E-state index contributed by atoms with van der Waals surface area (Å²) in [7, 11) is 0. The summed E-state index contributed by atoms with van der Waals surface area (Å²) in [6.45, 7) is 1.95. The standard InChI is InChI=1S/C16H16FN3O/c1-2-12-15-13(20-16(18)19-12)7-10(8-14(15)21)9-3-5-11(17)6-4-9/h3-6,10H,2,7-8H2,1H3,(H2,18,19,20)/t10-/m1/s1. The van der Waals surface area contributed by atoms with Crippen LogP contribution in [0.4, 0.5) is 10.3 Å². The van der Waals surface area contributed by atoms with Gasteiger partial charge in [0.05, 0.1) is 17.0 Å². The summed E-state index contributed by atoms with van der Waals surface area (Å²) in [6.07, 6.45) is 1.69. The Morgan fingerprint density at radius 2 is 1.95 bits per heavy atom. The van der Waals surface area contributed by atoms with Crippen molar-refractivity contribution < 1.29 is 9.18 Å². The summed E-state index contributed by atoms with van der Waals surface area (Å²) in [5, 5.41) is 0.